The van der Waals surface area contributed by atoms with E-state index in [-0.39, 0.29) is 11.9 Å². The van der Waals surface area contributed by atoms with Gasteiger partial charge in [0.1, 0.15) is 0 Å². The summed E-state index contributed by atoms with van der Waals surface area (Å²) in [6, 6.07) is 0.553. The molecule has 3 heteroatoms. The average molecular weight is 154 g/mol. The van der Waals surface area contributed by atoms with Crippen molar-refractivity contribution in [2.75, 3.05) is 6.54 Å². The maximum absolute atomic E-state index is 11.0. The number of amides is 1. The van der Waals surface area contributed by atoms with Crippen molar-refractivity contribution in [3.05, 3.63) is 0 Å². The van der Waals surface area contributed by atoms with Crippen LogP contribution in [0.5, 0.6) is 0 Å². The van der Waals surface area contributed by atoms with Crippen molar-refractivity contribution in [1.82, 2.24) is 10.6 Å². The second kappa shape index (κ2) is 2.48. The Labute approximate surface area is 66.5 Å². The minimum Gasteiger partial charge on any atom is -0.353 e. The van der Waals surface area contributed by atoms with Gasteiger partial charge in [-0.25, -0.2) is 0 Å². The third-order valence-electron chi connectivity index (χ3n) is 2.54. The Hall–Kier alpha value is -0.570. The largest absolute Gasteiger partial charge is 0.353 e. The molecule has 1 unspecified atom stereocenters. The molecule has 1 saturated carbocycles. The molecule has 3 nitrogen and oxygen atoms in total. The molecular formula is C8H14N2O. The van der Waals surface area contributed by atoms with E-state index in [4.69, 9.17) is 0 Å². The fraction of sp³-hybridized carbons (Fsp3) is 0.875. The highest BCUT2D eigenvalue weighted by atomic mass is 16.2. The first-order valence-electron chi connectivity index (χ1n) is 4.31. The highest BCUT2D eigenvalue weighted by Crippen LogP contribution is 2.33. The topological polar surface area (TPSA) is 41.1 Å². The number of carbonyl (C=O) groups is 1. The van der Waals surface area contributed by atoms with E-state index in [2.05, 4.69) is 10.6 Å². The molecule has 2 aliphatic rings. The summed E-state index contributed by atoms with van der Waals surface area (Å²) in [7, 11) is 0. The molecule has 1 aliphatic heterocycles. The molecule has 1 heterocycles. The van der Waals surface area contributed by atoms with Crippen molar-refractivity contribution in [1.29, 1.82) is 0 Å². The van der Waals surface area contributed by atoms with E-state index in [0.717, 1.165) is 12.5 Å². The van der Waals surface area contributed by atoms with E-state index in [1.165, 1.54) is 12.8 Å². The van der Waals surface area contributed by atoms with E-state index in [1.54, 1.807) is 0 Å². The fourth-order valence-electron chi connectivity index (χ4n) is 1.62. The van der Waals surface area contributed by atoms with Gasteiger partial charge < -0.3 is 10.6 Å². The molecule has 0 aromatic heterocycles. The Kier molecular flexibility index (Phi) is 1.60. The highest BCUT2D eigenvalue weighted by molar-refractivity contribution is 5.82. The summed E-state index contributed by atoms with van der Waals surface area (Å²) in [6.07, 6.45) is 2.67. The predicted molar refractivity (Wildman–Crippen MR) is 42.1 cm³/mol. The lowest BCUT2D eigenvalue weighted by Crippen LogP contribution is -2.57. The van der Waals surface area contributed by atoms with E-state index in [0.29, 0.717) is 6.04 Å². The first kappa shape index (κ1) is 7.10. The van der Waals surface area contributed by atoms with E-state index in [1.807, 2.05) is 6.92 Å². The van der Waals surface area contributed by atoms with Gasteiger partial charge in [0, 0.05) is 12.6 Å². The molecule has 1 amide bonds. The van der Waals surface area contributed by atoms with Crippen molar-refractivity contribution in [3.8, 4) is 0 Å². The number of piperazine rings is 1. The maximum Gasteiger partial charge on any atom is 0.236 e. The second-order valence-corrected chi connectivity index (χ2v) is 3.58. The van der Waals surface area contributed by atoms with E-state index >= 15 is 0 Å². The molecule has 0 spiro atoms. The molecule has 0 radical (unpaired) electrons. The predicted octanol–water partition coefficient (Wildman–Crippen LogP) is -0.127. The van der Waals surface area contributed by atoms with Gasteiger partial charge in [0.05, 0.1) is 6.04 Å². The Bertz CT molecular complexity index is 177. The molecule has 1 aliphatic carbocycles. The van der Waals surface area contributed by atoms with Crippen LogP contribution in [0, 0.1) is 5.92 Å². The van der Waals surface area contributed by atoms with Crippen LogP contribution in [0.25, 0.3) is 0 Å². The number of carbonyl (C=O) groups excluding carboxylic acids is 1. The zero-order valence-electron chi connectivity index (χ0n) is 6.76. The fourth-order valence-corrected chi connectivity index (χ4v) is 1.62. The lowest BCUT2D eigenvalue weighted by Gasteiger charge is -2.28. The summed E-state index contributed by atoms with van der Waals surface area (Å²) < 4.78 is 0. The number of rotatable bonds is 1. The van der Waals surface area contributed by atoms with Crippen LogP contribution in [-0.4, -0.2) is 24.5 Å². The number of nitrogens with one attached hydrogen (secondary N) is 2. The van der Waals surface area contributed by atoms with Crippen molar-refractivity contribution in [2.24, 2.45) is 5.92 Å². The van der Waals surface area contributed by atoms with Crippen molar-refractivity contribution in [2.45, 2.75) is 31.8 Å². The Morgan fingerprint density at radius 3 is 2.73 bits per heavy atom. The quantitative estimate of drug-likeness (QED) is 0.552. The lowest BCUT2D eigenvalue weighted by atomic mass is 10.1. The summed E-state index contributed by atoms with van der Waals surface area (Å²) in [5.41, 5.74) is 0. The minimum atomic E-state index is 0.00866. The maximum atomic E-state index is 11.0. The van der Waals surface area contributed by atoms with Crippen molar-refractivity contribution < 1.29 is 4.79 Å². The zero-order chi connectivity index (χ0) is 7.84. The summed E-state index contributed by atoms with van der Waals surface area (Å²) in [5, 5.41) is 6.22. The molecule has 2 atom stereocenters. The van der Waals surface area contributed by atoms with Gasteiger partial charge in [-0.1, -0.05) is 0 Å². The van der Waals surface area contributed by atoms with Crippen LogP contribution in [0.3, 0.4) is 0 Å². The molecule has 62 valence electrons. The molecule has 2 N–H and O–H groups in total. The summed E-state index contributed by atoms with van der Waals surface area (Å²) in [6.45, 7) is 2.75. The molecular weight excluding hydrogens is 140 g/mol. The number of hydrogen-bond acceptors (Lipinski definition) is 2. The van der Waals surface area contributed by atoms with Gasteiger partial charge in [-0.15, -0.1) is 0 Å². The van der Waals surface area contributed by atoms with Gasteiger partial charge in [0.15, 0.2) is 0 Å². The van der Waals surface area contributed by atoms with Crippen LogP contribution in [0.4, 0.5) is 0 Å². The SMILES string of the molecule is C[C@@H]1NC(C2CC2)CNC1=O. The average Bonchev–Trinajstić information content (AvgIpc) is 2.77. The van der Waals surface area contributed by atoms with Gasteiger partial charge in [-0.05, 0) is 25.7 Å². The van der Waals surface area contributed by atoms with E-state index in [9.17, 15) is 4.79 Å². The second-order valence-electron chi connectivity index (χ2n) is 3.58. The molecule has 11 heavy (non-hydrogen) atoms. The van der Waals surface area contributed by atoms with Crippen LogP contribution >= 0.6 is 0 Å². The molecule has 0 aromatic rings. The third-order valence-corrected chi connectivity index (χ3v) is 2.54. The molecule has 0 aromatic carbocycles. The molecule has 0 bridgehead atoms. The Morgan fingerprint density at radius 2 is 2.18 bits per heavy atom. The van der Waals surface area contributed by atoms with Crippen LogP contribution in [0.1, 0.15) is 19.8 Å². The van der Waals surface area contributed by atoms with Gasteiger partial charge in [-0.2, -0.15) is 0 Å². The third kappa shape index (κ3) is 1.38. The van der Waals surface area contributed by atoms with Crippen LogP contribution < -0.4 is 10.6 Å². The van der Waals surface area contributed by atoms with Crippen molar-refractivity contribution >= 4 is 5.91 Å². The first-order valence-corrected chi connectivity index (χ1v) is 4.31. The molecule has 1 saturated heterocycles. The summed E-state index contributed by atoms with van der Waals surface area (Å²) >= 11 is 0. The highest BCUT2D eigenvalue weighted by Gasteiger charge is 2.35. The van der Waals surface area contributed by atoms with Gasteiger partial charge >= 0.3 is 0 Å². The Balaban J connectivity index is 1.91. The van der Waals surface area contributed by atoms with Crippen LogP contribution in [0.2, 0.25) is 0 Å². The van der Waals surface area contributed by atoms with Gasteiger partial charge in [0.2, 0.25) is 5.91 Å². The normalized spacial score (nSPS) is 38.5. The smallest absolute Gasteiger partial charge is 0.236 e. The van der Waals surface area contributed by atoms with Crippen LogP contribution in [0.15, 0.2) is 0 Å². The minimum absolute atomic E-state index is 0.00866. The number of hydrogen-bond donors (Lipinski definition) is 2. The lowest BCUT2D eigenvalue weighted by molar-refractivity contribution is -0.124. The Morgan fingerprint density at radius 1 is 1.45 bits per heavy atom. The molecule has 2 rings (SSSR count). The van der Waals surface area contributed by atoms with Gasteiger partial charge in [0.25, 0.3) is 0 Å². The summed E-state index contributed by atoms with van der Waals surface area (Å²) in [5.74, 6) is 0.972. The monoisotopic (exact) mass is 154 g/mol. The summed E-state index contributed by atoms with van der Waals surface area (Å²) in [4.78, 5) is 11.0. The van der Waals surface area contributed by atoms with Crippen molar-refractivity contribution in [3.63, 3.8) is 0 Å². The molecule has 2 fully saturated rings. The zero-order valence-corrected chi connectivity index (χ0v) is 6.76. The van der Waals surface area contributed by atoms with E-state index < -0.39 is 0 Å². The standard InChI is InChI=1S/C8H14N2O/c1-5-8(11)9-4-7(10-5)6-2-3-6/h5-7,10H,2-4H2,1H3,(H,9,11)/t5-,7?/m0/s1. The van der Waals surface area contributed by atoms with Gasteiger partial charge in [-0.3, -0.25) is 4.79 Å². The first-order chi connectivity index (χ1) is 5.27. The van der Waals surface area contributed by atoms with Crippen LogP contribution in [-0.2, 0) is 4.79 Å².